The van der Waals surface area contributed by atoms with Crippen molar-refractivity contribution >= 4 is 28.9 Å². The second kappa shape index (κ2) is 11.0. The van der Waals surface area contributed by atoms with Gasteiger partial charge < -0.3 is 14.7 Å². The van der Waals surface area contributed by atoms with Crippen LogP contribution in [-0.2, 0) is 5.75 Å². The fourth-order valence-electron chi connectivity index (χ4n) is 3.87. The highest BCUT2D eigenvalue weighted by atomic mass is 32.2. The first-order valence-corrected chi connectivity index (χ1v) is 13.6. The minimum absolute atomic E-state index is 0.0749. The fourth-order valence-corrected chi connectivity index (χ4v) is 5.68. The maximum Gasteiger partial charge on any atom is 0.148 e. The topological polar surface area (TPSA) is 106 Å². The third-order valence-corrected chi connectivity index (χ3v) is 7.77. The molecule has 1 aliphatic heterocycles. The van der Waals surface area contributed by atoms with E-state index in [4.69, 9.17) is 19.8 Å². The number of thiazole rings is 1. The molecular weight excluding hydrogens is 502 g/mol. The third kappa shape index (κ3) is 5.45. The van der Waals surface area contributed by atoms with Gasteiger partial charge in [-0.1, -0.05) is 53.7 Å². The number of hydrogen-bond donors (Lipinski definition) is 1. The molecule has 37 heavy (non-hydrogen) atoms. The van der Waals surface area contributed by atoms with Crippen LogP contribution in [0.25, 0.3) is 21.7 Å². The SMILES string of the molecule is Cc1ccc(-c2nc(CSc3nc(N4CC4)c(C#N)c(-c4ccc(OCCO)cc4)c3C#N)cs2)cc1. The second-order valence-corrected chi connectivity index (χ2v) is 10.3. The van der Waals surface area contributed by atoms with Crippen molar-refractivity contribution < 1.29 is 9.84 Å². The summed E-state index contributed by atoms with van der Waals surface area (Å²) in [4.78, 5) is 11.6. The van der Waals surface area contributed by atoms with E-state index in [0.29, 0.717) is 39.0 Å². The molecule has 0 radical (unpaired) electrons. The van der Waals surface area contributed by atoms with Gasteiger partial charge in [0.25, 0.3) is 0 Å². The average Bonchev–Trinajstić information content (AvgIpc) is 3.67. The molecule has 1 N–H and O–H groups in total. The lowest BCUT2D eigenvalue weighted by Crippen LogP contribution is -2.05. The van der Waals surface area contributed by atoms with E-state index in [1.807, 2.05) is 22.4 Å². The Morgan fingerprint density at radius 1 is 1.00 bits per heavy atom. The second-order valence-electron chi connectivity index (χ2n) is 8.47. The van der Waals surface area contributed by atoms with E-state index in [9.17, 15) is 10.5 Å². The first-order valence-electron chi connectivity index (χ1n) is 11.7. The number of rotatable bonds is 9. The fraction of sp³-hybridized carbons (Fsp3) is 0.214. The van der Waals surface area contributed by atoms with Gasteiger partial charge in [0.05, 0.1) is 17.9 Å². The Morgan fingerprint density at radius 2 is 1.70 bits per heavy atom. The number of nitrogens with zero attached hydrogens (tertiary/aromatic N) is 5. The number of aliphatic hydroxyl groups is 1. The molecule has 0 aliphatic carbocycles. The van der Waals surface area contributed by atoms with E-state index >= 15 is 0 Å². The average molecular weight is 526 g/mol. The smallest absolute Gasteiger partial charge is 0.148 e. The molecule has 2 aromatic carbocycles. The van der Waals surface area contributed by atoms with Crippen molar-refractivity contribution in [3.63, 3.8) is 0 Å². The zero-order valence-corrected chi connectivity index (χ0v) is 21.8. The minimum Gasteiger partial charge on any atom is -0.491 e. The molecule has 0 amide bonds. The molecule has 5 rings (SSSR count). The quantitative estimate of drug-likeness (QED) is 0.228. The number of aromatic nitrogens is 2. The molecule has 1 saturated heterocycles. The number of hydrogen-bond acceptors (Lipinski definition) is 9. The molecule has 0 saturated carbocycles. The highest BCUT2D eigenvalue weighted by molar-refractivity contribution is 7.98. The number of thioether (sulfide) groups is 1. The van der Waals surface area contributed by atoms with Crippen LogP contribution >= 0.6 is 23.1 Å². The van der Waals surface area contributed by atoms with E-state index in [0.717, 1.165) is 34.9 Å². The summed E-state index contributed by atoms with van der Waals surface area (Å²) in [6.45, 7) is 3.84. The number of ether oxygens (including phenoxy) is 1. The van der Waals surface area contributed by atoms with Crippen LogP contribution in [-0.4, -0.2) is 41.4 Å². The predicted molar refractivity (Wildman–Crippen MR) is 146 cm³/mol. The van der Waals surface area contributed by atoms with Crippen molar-refractivity contribution in [2.45, 2.75) is 17.7 Å². The van der Waals surface area contributed by atoms with Crippen LogP contribution in [0.3, 0.4) is 0 Å². The van der Waals surface area contributed by atoms with Gasteiger partial charge in [0.1, 0.15) is 45.9 Å². The summed E-state index contributed by atoms with van der Waals surface area (Å²) in [6.07, 6.45) is 0. The molecule has 0 bridgehead atoms. The number of aliphatic hydroxyl groups excluding tert-OH is 1. The summed E-state index contributed by atoms with van der Waals surface area (Å²) >= 11 is 3.06. The van der Waals surface area contributed by atoms with Gasteiger partial charge >= 0.3 is 0 Å². The van der Waals surface area contributed by atoms with Gasteiger partial charge in [-0.25, -0.2) is 9.97 Å². The first kappa shape index (κ1) is 24.8. The van der Waals surface area contributed by atoms with Crippen LogP contribution in [0.15, 0.2) is 58.9 Å². The molecule has 9 heteroatoms. The maximum atomic E-state index is 10.2. The zero-order chi connectivity index (χ0) is 25.8. The van der Waals surface area contributed by atoms with Gasteiger partial charge in [-0.2, -0.15) is 10.5 Å². The lowest BCUT2D eigenvalue weighted by atomic mass is 9.96. The van der Waals surface area contributed by atoms with Crippen molar-refractivity contribution in [3.05, 3.63) is 76.3 Å². The highest BCUT2D eigenvalue weighted by Crippen LogP contribution is 2.40. The highest BCUT2D eigenvalue weighted by Gasteiger charge is 2.29. The third-order valence-electron chi connectivity index (χ3n) is 5.83. The zero-order valence-electron chi connectivity index (χ0n) is 20.1. The molecule has 0 spiro atoms. The summed E-state index contributed by atoms with van der Waals surface area (Å²) in [6, 6.07) is 20.1. The lowest BCUT2D eigenvalue weighted by Gasteiger charge is -2.16. The van der Waals surface area contributed by atoms with Crippen LogP contribution < -0.4 is 9.64 Å². The number of anilines is 1. The maximum absolute atomic E-state index is 10.2. The molecule has 3 heterocycles. The summed E-state index contributed by atoms with van der Waals surface area (Å²) in [5, 5.41) is 32.8. The lowest BCUT2D eigenvalue weighted by molar-refractivity contribution is 0.201. The van der Waals surface area contributed by atoms with Crippen LogP contribution in [0.4, 0.5) is 5.82 Å². The Hall–Kier alpha value is -3.89. The Labute approximate surface area is 223 Å². The molecule has 7 nitrogen and oxygen atoms in total. The molecule has 0 unspecified atom stereocenters. The van der Waals surface area contributed by atoms with Crippen molar-refractivity contribution in [2.24, 2.45) is 0 Å². The van der Waals surface area contributed by atoms with E-state index in [2.05, 4.69) is 43.3 Å². The summed E-state index contributed by atoms with van der Waals surface area (Å²) in [7, 11) is 0. The summed E-state index contributed by atoms with van der Waals surface area (Å²) < 4.78 is 5.47. The standard InChI is InChI=1S/C28H23N5O2S2/c1-18-2-4-20(5-3-18)27-31-21(16-36-27)17-37-28-24(15-30)25(23(14-29)26(32-28)33-10-11-33)19-6-8-22(9-7-19)35-13-12-34/h2-9,16,34H,10-13,17H2,1H3. The van der Waals surface area contributed by atoms with Gasteiger partial charge in [0, 0.05) is 35.3 Å². The molecule has 4 aromatic rings. The molecule has 184 valence electrons. The predicted octanol–water partition coefficient (Wildman–Crippen LogP) is 5.41. The number of aryl methyl sites for hydroxylation is 1. The minimum atomic E-state index is -0.0749. The van der Waals surface area contributed by atoms with E-state index in [1.54, 1.807) is 23.5 Å². The molecular formula is C28H23N5O2S2. The van der Waals surface area contributed by atoms with Gasteiger partial charge in [0.15, 0.2) is 0 Å². The first-order chi connectivity index (χ1) is 18.1. The van der Waals surface area contributed by atoms with Crippen molar-refractivity contribution in [3.8, 4) is 39.6 Å². The van der Waals surface area contributed by atoms with E-state index < -0.39 is 0 Å². The van der Waals surface area contributed by atoms with E-state index in [-0.39, 0.29) is 13.2 Å². The molecule has 1 fully saturated rings. The van der Waals surface area contributed by atoms with Crippen LogP contribution in [0, 0.1) is 29.6 Å². The molecule has 2 aromatic heterocycles. The molecule has 1 aliphatic rings. The van der Waals surface area contributed by atoms with Gasteiger partial charge in [-0.05, 0) is 24.6 Å². The largest absolute Gasteiger partial charge is 0.491 e. The van der Waals surface area contributed by atoms with Crippen molar-refractivity contribution in [1.82, 2.24) is 9.97 Å². The normalized spacial score (nSPS) is 12.2. The summed E-state index contributed by atoms with van der Waals surface area (Å²) in [5.41, 5.74) is 5.31. The van der Waals surface area contributed by atoms with Crippen molar-refractivity contribution in [1.29, 1.82) is 10.5 Å². The Morgan fingerprint density at radius 3 is 2.35 bits per heavy atom. The Bertz CT molecular complexity index is 1500. The Kier molecular flexibility index (Phi) is 7.38. The van der Waals surface area contributed by atoms with Gasteiger partial charge in [0.2, 0.25) is 0 Å². The van der Waals surface area contributed by atoms with Gasteiger partial charge in [-0.3, -0.25) is 0 Å². The monoisotopic (exact) mass is 525 g/mol. The van der Waals surface area contributed by atoms with Crippen LogP contribution in [0.2, 0.25) is 0 Å². The number of nitriles is 2. The summed E-state index contributed by atoms with van der Waals surface area (Å²) in [5.74, 6) is 1.78. The van der Waals surface area contributed by atoms with Gasteiger partial charge in [-0.15, -0.1) is 11.3 Å². The van der Waals surface area contributed by atoms with Crippen LogP contribution in [0.5, 0.6) is 5.75 Å². The van der Waals surface area contributed by atoms with Crippen molar-refractivity contribution in [2.75, 3.05) is 31.2 Å². The molecule has 0 atom stereocenters. The van der Waals surface area contributed by atoms with Crippen LogP contribution in [0.1, 0.15) is 22.4 Å². The number of benzene rings is 2. The van der Waals surface area contributed by atoms with E-state index in [1.165, 1.54) is 17.3 Å². The Balaban J connectivity index is 1.48. The number of pyridine rings is 1.